The standard InChI is InChI=1S/C14H18N4O/c19-14-12-7-3-4-8-13(12)16-17-18(14)10-9-15-11-5-1-2-6-11/h3-4,7-8,11,15H,1-2,5-6,9-10H2. The Morgan fingerprint density at radius 2 is 2.05 bits per heavy atom. The Morgan fingerprint density at radius 3 is 2.89 bits per heavy atom. The van der Waals surface area contributed by atoms with E-state index in [1.165, 1.54) is 30.4 Å². The molecule has 19 heavy (non-hydrogen) atoms. The van der Waals surface area contributed by atoms with Gasteiger partial charge in [-0.15, -0.1) is 5.10 Å². The molecule has 1 saturated carbocycles. The van der Waals surface area contributed by atoms with Crippen LogP contribution >= 0.6 is 0 Å². The highest BCUT2D eigenvalue weighted by atomic mass is 16.1. The Kier molecular flexibility index (Phi) is 3.55. The van der Waals surface area contributed by atoms with Crippen LogP contribution in [0.15, 0.2) is 29.1 Å². The SMILES string of the molecule is O=c1c2ccccc2nnn1CCNC1CCCC1. The quantitative estimate of drug-likeness (QED) is 0.898. The maximum atomic E-state index is 12.2. The van der Waals surface area contributed by atoms with Crippen molar-refractivity contribution in [1.29, 1.82) is 0 Å². The van der Waals surface area contributed by atoms with Crippen LogP contribution in [0.5, 0.6) is 0 Å². The summed E-state index contributed by atoms with van der Waals surface area (Å²) in [5, 5.41) is 12.2. The third kappa shape index (κ3) is 2.66. The third-order valence-corrected chi connectivity index (χ3v) is 3.74. The molecule has 1 aromatic carbocycles. The van der Waals surface area contributed by atoms with Crippen molar-refractivity contribution >= 4 is 10.9 Å². The van der Waals surface area contributed by atoms with Gasteiger partial charge in [-0.05, 0) is 25.0 Å². The molecule has 0 bridgehead atoms. The minimum atomic E-state index is -0.0566. The largest absolute Gasteiger partial charge is 0.312 e. The summed E-state index contributed by atoms with van der Waals surface area (Å²) in [5.41, 5.74) is 0.603. The number of hydrogen-bond donors (Lipinski definition) is 1. The summed E-state index contributed by atoms with van der Waals surface area (Å²) in [6.07, 6.45) is 5.12. The van der Waals surface area contributed by atoms with Crippen LogP contribution in [-0.2, 0) is 6.54 Å². The molecule has 0 spiro atoms. The average molecular weight is 258 g/mol. The van der Waals surface area contributed by atoms with E-state index in [0.29, 0.717) is 23.5 Å². The fourth-order valence-electron chi connectivity index (χ4n) is 2.67. The fraction of sp³-hybridized carbons (Fsp3) is 0.500. The molecule has 1 N–H and O–H groups in total. The van der Waals surface area contributed by atoms with E-state index in [1.807, 2.05) is 18.2 Å². The van der Waals surface area contributed by atoms with E-state index in [9.17, 15) is 4.79 Å². The van der Waals surface area contributed by atoms with Gasteiger partial charge in [-0.1, -0.05) is 30.2 Å². The van der Waals surface area contributed by atoms with Gasteiger partial charge < -0.3 is 5.32 Å². The number of aromatic nitrogens is 3. The van der Waals surface area contributed by atoms with Crippen LogP contribution < -0.4 is 10.9 Å². The van der Waals surface area contributed by atoms with Crippen LogP contribution in [-0.4, -0.2) is 27.6 Å². The predicted octanol–water partition coefficient (Wildman–Crippen LogP) is 1.32. The molecule has 1 fully saturated rings. The van der Waals surface area contributed by atoms with Crippen molar-refractivity contribution in [2.45, 2.75) is 38.3 Å². The van der Waals surface area contributed by atoms with Crippen LogP contribution in [0.4, 0.5) is 0 Å². The van der Waals surface area contributed by atoms with Gasteiger partial charge in [0, 0.05) is 12.6 Å². The highest BCUT2D eigenvalue weighted by molar-refractivity contribution is 5.76. The zero-order chi connectivity index (χ0) is 13.1. The molecule has 0 saturated heterocycles. The van der Waals surface area contributed by atoms with Gasteiger partial charge in [0.25, 0.3) is 5.56 Å². The molecule has 100 valence electrons. The molecular weight excluding hydrogens is 240 g/mol. The Labute approximate surface area is 111 Å². The van der Waals surface area contributed by atoms with E-state index in [2.05, 4.69) is 15.6 Å². The Hall–Kier alpha value is -1.75. The molecular formula is C14H18N4O. The van der Waals surface area contributed by atoms with Gasteiger partial charge in [0.1, 0.15) is 5.52 Å². The minimum absolute atomic E-state index is 0.0566. The molecule has 0 atom stereocenters. The topological polar surface area (TPSA) is 59.8 Å². The van der Waals surface area contributed by atoms with Gasteiger partial charge in [-0.2, -0.15) is 0 Å². The maximum absolute atomic E-state index is 12.2. The summed E-state index contributed by atoms with van der Waals surface area (Å²) < 4.78 is 1.45. The molecule has 1 aliphatic rings. The van der Waals surface area contributed by atoms with Crippen molar-refractivity contribution in [2.75, 3.05) is 6.54 Å². The van der Waals surface area contributed by atoms with Gasteiger partial charge >= 0.3 is 0 Å². The smallest absolute Gasteiger partial charge is 0.277 e. The zero-order valence-corrected chi connectivity index (χ0v) is 10.9. The highest BCUT2D eigenvalue weighted by Gasteiger charge is 2.13. The normalized spacial score (nSPS) is 16.2. The van der Waals surface area contributed by atoms with Crippen LogP contribution in [0, 0.1) is 0 Å². The van der Waals surface area contributed by atoms with E-state index in [1.54, 1.807) is 6.07 Å². The average Bonchev–Trinajstić information content (AvgIpc) is 2.95. The number of benzene rings is 1. The number of hydrogen-bond acceptors (Lipinski definition) is 4. The third-order valence-electron chi connectivity index (χ3n) is 3.74. The molecule has 1 aliphatic carbocycles. The van der Waals surface area contributed by atoms with E-state index >= 15 is 0 Å². The molecule has 3 rings (SSSR count). The van der Waals surface area contributed by atoms with Crippen LogP contribution in [0.2, 0.25) is 0 Å². The second kappa shape index (κ2) is 5.48. The molecule has 0 aliphatic heterocycles. The van der Waals surface area contributed by atoms with Gasteiger partial charge in [-0.25, -0.2) is 4.68 Å². The molecule has 5 heteroatoms. The molecule has 1 aromatic heterocycles. The minimum Gasteiger partial charge on any atom is -0.312 e. The van der Waals surface area contributed by atoms with E-state index in [0.717, 1.165) is 6.54 Å². The second-order valence-electron chi connectivity index (χ2n) is 5.07. The number of fused-ring (bicyclic) bond motifs is 1. The van der Waals surface area contributed by atoms with Crippen molar-refractivity contribution in [2.24, 2.45) is 0 Å². The van der Waals surface area contributed by atoms with Crippen molar-refractivity contribution in [1.82, 2.24) is 20.3 Å². The highest BCUT2D eigenvalue weighted by Crippen LogP contribution is 2.17. The van der Waals surface area contributed by atoms with E-state index < -0.39 is 0 Å². The maximum Gasteiger partial charge on any atom is 0.277 e. The first-order valence-corrected chi connectivity index (χ1v) is 6.90. The first-order chi connectivity index (χ1) is 9.34. The second-order valence-corrected chi connectivity index (χ2v) is 5.07. The Bertz CT molecular complexity index is 616. The molecule has 0 radical (unpaired) electrons. The van der Waals surface area contributed by atoms with Crippen LogP contribution in [0.25, 0.3) is 10.9 Å². The summed E-state index contributed by atoms with van der Waals surface area (Å²) in [6.45, 7) is 1.35. The van der Waals surface area contributed by atoms with Crippen molar-refractivity contribution in [3.63, 3.8) is 0 Å². The lowest BCUT2D eigenvalue weighted by atomic mass is 10.2. The number of rotatable bonds is 4. The lowest BCUT2D eigenvalue weighted by Crippen LogP contribution is -2.33. The number of nitrogens with one attached hydrogen (secondary N) is 1. The lowest BCUT2D eigenvalue weighted by molar-refractivity contribution is 0.462. The monoisotopic (exact) mass is 258 g/mol. The first-order valence-electron chi connectivity index (χ1n) is 6.90. The molecule has 0 amide bonds. The van der Waals surface area contributed by atoms with Gasteiger partial charge in [-0.3, -0.25) is 4.79 Å². The number of nitrogens with zero attached hydrogens (tertiary/aromatic N) is 3. The molecule has 5 nitrogen and oxygen atoms in total. The van der Waals surface area contributed by atoms with Gasteiger partial charge in [0.15, 0.2) is 0 Å². The summed E-state index contributed by atoms with van der Waals surface area (Å²) in [7, 11) is 0. The lowest BCUT2D eigenvalue weighted by Gasteiger charge is -2.11. The van der Waals surface area contributed by atoms with Gasteiger partial charge in [0.05, 0.1) is 11.9 Å². The van der Waals surface area contributed by atoms with Crippen LogP contribution in [0.1, 0.15) is 25.7 Å². The molecule has 2 aromatic rings. The van der Waals surface area contributed by atoms with Crippen molar-refractivity contribution in [3.8, 4) is 0 Å². The molecule has 0 unspecified atom stereocenters. The summed E-state index contributed by atoms with van der Waals surface area (Å²) in [5.74, 6) is 0. The van der Waals surface area contributed by atoms with Crippen molar-refractivity contribution < 1.29 is 0 Å². The van der Waals surface area contributed by atoms with E-state index in [4.69, 9.17) is 0 Å². The Morgan fingerprint density at radius 1 is 1.26 bits per heavy atom. The van der Waals surface area contributed by atoms with Crippen LogP contribution in [0.3, 0.4) is 0 Å². The fourth-order valence-corrected chi connectivity index (χ4v) is 2.67. The summed E-state index contributed by atoms with van der Waals surface area (Å²) >= 11 is 0. The Balaban J connectivity index is 1.70. The molecule has 1 heterocycles. The van der Waals surface area contributed by atoms with E-state index in [-0.39, 0.29) is 5.56 Å². The zero-order valence-electron chi connectivity index (χ0n) is 10.9. The first kappa shape index (κ1) is 12.3. The van der Waals surface area contributed by atoms with Gasteiger partial charge in [0.2, 0.25) is 0 Å². The predicted molar refractivity (Wildman–Crippen MR) is 74.1 cm³/mol. The summed E-state index contributed by atoms with van der Waals surface area (Å²) in [4.78, 5) is 12.2. The van der Waals surface area contributed by atoms with Crippen molar-refractivity contribution in [3.05, 3.63) is 34.6 Å². The summed E-state index contributed by atoms with van der Waals surface area (Å²) in [6, 6.07) is 7.94.